The van der Waals surface area contributed by atoms with Crippen molar-refractivity contribution in [3.63, 3.8) is 0 Å². The zero-order valence-electron chi connectivity index (χ0n) is 21.7. The molecule has 3 heterocycles. The number of benzene rings is 2. The largest absolute Gasteiger partial charge is 0.466 e. The molecule has 3 unspecified atom stereocenters. The summed E-state index contributed by atoms with van der Waals surface area (Å²) in [5.74, 6) is -2.97. The van der Waals surface area contributed by atoms with Crippen molar-refractivity contribution in [3.05, 3.63) is 65.2 Å². The number of halogens is 1. The number of hydrogen-bond acceptors (Lipinski definition) is 6. The Morgan fingerprint density at radius 3 is 2.66 bits per heavy atom. The number of carbonyl (C=O) groups is 3. The first kappa shape index (κ1) is 26.8. The first-order valence-corrected chi connectivity index (χ1v) is 14.0. The van der Waals surface area contributed by atoms with Crippen LogP contribution in [-0.2, 0) is 30.3 Å². The van der Waals surface area contributed by atoms with E-state index in [2.05, 4.69) is 21.2 Å². The van der Waals surface area contributed by atoms with Gasteiger partial charge in [-0.1, -0.05) is 58.4 Å². The summed E-state index contributed by atoms with van der Waals surface area (Å²) in [4.78, 5) is 42.7. The van der Waals surface area contributed by atoms with E-state index in [0.717, 1.165) is 16.7 Å². The lowest BCUT2D eigenvalue weighted by atomic mass is 9.70. The van der Waals surface area contributed by atoms with Gasteiger partial charge in [0.2, 0.25) is 11.8 Å². The summed E-state index contributed by atoms with van der Waals surface area (Å²) in [5.41, 5.74) is 2.22. The van der Waals surface area contributed by atoms with E-state index < -0.39 is 47.5 Å². The van der Waals surface area contributed by atoms with Crippen LogP contribution in [0.3, 0.4) is 0 Å². The molecule has 3 aliphatic rings. The molecule has 8 nitrogen and oxygen atoms in total. The van der Waals surface area contributed by atoms with Crippen LogP contribution < -0.4 is 5.32 Å². The maximum Gasteiger partial charge on any atom is 0.312 e. The zero-order chi connectivity index (χ0) is 27.2. The Kier molecular flexibility index (Phi) is 7.37. The van der Waals surface area contributed by atoms with Crippen LogP contribution in [0.4, 0.5) is 5.69 Å². The van der Waals surface area contributed by atoms with Gasteiger partial charge in [0.1, 0.15) is 11.6 Å². The highest BCUT2D eigenvalue weighted by Crippen LogP contribution is 2.60. The number of fused-ring (bicyclic) bond motifs is 1. The highest BCUT2D eigenvalue weighted by molar-refractivity contribution is 9.09. The Labute approximate surface area is 230 Å². The summed E-state index contributed by atoms with van der Waals surface area (Å²) in [6.07, 6.45) is 0.155. The van der Waals surface area contributed by atoms with Crippen LogP contribution in [0.25, 0.3) is 0 Å². The molecule has 2 bridgehead atoms. The van der Waals surface area contributed by atoms with E-state index in [1.54, 1.807) is 6.92 Å². The van der Waals surface area contributed by atoms with Crippen molar-refractivity contribution in [2.75, 3.05) is 18.5 Å². The van der Waals surface area contributed by atoms with Crippen molar-refractivity contribution in [3.8, 4) is 0 Å². The summed E-state index contributed by atoms with van der Waals surface area (Å²) in [5, 5.41) is 13.5. The average molecular weight is 585 g/mol. The molecule has 202 valence electrons. The maximum atomic E-state index is 14.2. The molecule has 3 fully saturated rings. The molecule has 2 aromatic rings. The van der Waals surface area contributed by atoms with Gasteiger partial charge in [0, 0.05) is 10.5 Å². The average Bonchev–Trinajstić information content (AvgIpc) is 3.49. The van der Waals surface area contributed by atoms with Gasteiger partial charge < -0.3 is 24.8 Å². The SMILES string of the molecule is CCOC(=O)[C@H]1[C@H]2C(=O)N([C@@H](CO)Cc3ccccc3)C(C(=O)Nc3cc(C)ccc3C)C23CC(Br)[C@@H]1O3. The molecular formula is C29H33BrN2O6. The van der Waals surface area contributed by atoms with Gasteiger partial charge in [-0.3, -0.25) is 14.4 Å². The molecule has 9 heteroatoms. The maximum absolute atomic E-state index is 14.2. The van der Waals surface area contributed by atoms with Crippen LogP contribution >= 0.6 is 15.9 Å². The Morgan fingerprint density at radius 1 is 1.24 bits per heavy atom. The molecule has 38 heavy (non-hydrogen) atoms. The molecule has 2 N–H and O–H groups in total. The minimum Gasteiger partial charge on any atom is -0.466 e. The predicted molar refractivity (Wildman–Crippen MR) is 145 cm³/mol. The van der Waals surface area contributed by atoms with Gasteiger partial charge in [0.25, 0.3) is 0 Å². The van der Waals surface area contributed by atoms with Crippen molar-refractivity contribution >= 4 is 39.4 Å². The van der Waals surface area contributed by atoms with Crippen molar-refractivity contribution < 1.29 is 29.0 Å². The zero-order valence-corrected chi connectivity index (χ0v) is 23.3. The standard InChI is InChI=1S/C29H33BrN2O6/c1-4-37-28(36)22-23-27(35)32(19(15-33)13-18-8-6-5-7-9-18)25(29(23)14-20(30)24(22)38-29)26(34)31-21-12-16(2)10-11-17(21)3/h5-12,19-20,22-25,33H,4,13-15H2,1-3H3,(H,31,34)/t19-,20?,22+,23+,24+,25?,29?/m1/s1. The molecule has 1 spiro atoms. The van der Waals surface area contributed by atoms with Crippen molar-refractivity contribution in [2.24, 2.45) is 11.8 Å². The fourth-order valence-corrected chi connectivity index (χ4v) is 7.42. The van der Waals surface area contributed by atoms with Gasteiger partial charge in [-0.05, 0) is 56.4 Å². The van der Waals surface area contributed by atoms with Gasteiger partial charge in [-0.15, -0.1) is 0 Å². The van der Waals surface area contributed by atoms with Gasteiger partial charge >= 0.3 is 5.97 Å². The van der Waals surface area contributed by atoms with Crippen LogP contribution in [0, 0.1) is 25.7 Å². The van der Waals surface area contributed by atoms with E-state index in [9.17, 15) is 19.5 Å². The topological polar surface area (TPSA) is 105 Å². The van der Waals surface area contributed by atoms with Gasteiger partial charge in [-0.2, -0.15) is 0 Å². The van der Waals surface area contributed by atoms with Gasteiger partial charge in [-0.25, -0.2) is 0 Å². The second-order valence-electron chi connectivity index (χ2n) is 10.5. The lowest BCUT2D eigenvalue weighted by Crippen LogP contribution is -2.57. The third kappa shape index (κ3) is 4.34. The molecule has 2 amide bonds. The summed E-state index contributed by atoms with van der Waals surface area (Å²) in [6.45, 7) is 5.40. The van der Waals surface area contributed by atoms with Crippen molar-refractivity contribution in [1.82, 2.24) is 4.90 Å². The number of aryl methyl sites for hydroxylation is 2. The minimum absolute atomic E-state index is 0.177. The second-order valence-corrected chi connectivity index (χ2v) is 11.7. The number of rotatable bonds is 8. The van der Waals surface area contributed by atoms with E-state index in [4.69, 9.17) is 9.47 Å². The highest BCUT2D eigenvalue weighted by atomic mass is 79.9. The summed E-state index contributed by atoms with van der Waals surface area (Å²) < 4.78 is 11.9. The van der Waals surface area contributed by atoms with Crippen LogP contribution in [0.2, 0.25) is 0 Å². The fourth-order valence-electron chi connectivity index (χ4n) is 6.48. The number of hydrogen-bond donors (Lipinski definition) is 2. The minimum atomic E-state index is -1.22. The van der Waals surface area contributed by atoms with Gasteiger partial charge in [0.05, 0.1) is 37.2 Å². The van der Waals surface area contributed by atoms with Crippen LogP contribution in [0.5, 0.6) is 0 Å². The molecule has 7 atom stereocenters. The molecular weight excluding hydrogens is 552 g/mol. The summed E-state index contributed by atoms with van der Waals surface area (Å²) in [6, 6.07) is 13.6. The van der Waals surface area contributed by atoms with Crippen LogP contribution in [0.15, 0.2) is 48.5 Å². The molecule has 3 saturated heterocycles. The fraction of sp³-hybridized carbons (Fsp3) is 0.483. The van der Waals surface area contributed by atoms with Crippen LogP contribution in [0.1, 0.15) is 30.0 Å². The van der Waals surface area contributed by atoms with E-state index in [0.29, 0.717) is 18.5 Å². The molecule has 0 aromatic heterocycles. The Bertz CT molecular complexity index is 1240. The smallest absolute Gasteiger partial charge is 0.312 e. The molecule has 0 radical (unpaired) electrons. The van der Waals surface area contributed by atoms with E-state index in [1.165, 1.54) is 4.90 Å². The summed E-state index contributed by atoms with van der Waals surface area (Å²) in [7, 11) is 0. The normalized spacial score (nSPS) is 30.3. The third-order valence-electron chi connectivity index (χ3n) is 8.10. The number of ether oxygens (including phenoxy) is 2. The highest BCUT2D eigenvalue weighted by Gasteiger charge is 2.77. The number of carbonyl (C=O) groups excluding carboxylic acids is 3. The van der Waals surface area contributed by atoms with E-state index in [-0.39, 0.29) is 23.9 Å². The number of likely N-dealkylation sites (tertiary alicyclic amines) is 1. The van der Waals surface area contributed by atoms with Crippen LogP contribution in [-0.4, -0.2) is 69.6 Å². The number of anilines is 1. The first-order chi connectivity index (χ1) is 18.2. The number of amides is 2. The van der Waals surface area contributed by atoms with E-state index in [1.807, 2.05) is 62.4 Å². The summed E-state index contributed by atoms with van der Waals surface area (Å²) >= 11 is 3.66. The Hall–Kier alpha value is -2.75. The number of nitrogens with zero attached hydrogens (tertiary/aromatic N) is 1. The van der Waals surface area contributed by atoms with E-state index >= 15 is 0 Å². The number of esters is 1. The molecule has 2 aromatic carbocycles. The van der Waals surface area contributed by atoms with Crippen molar-refractivity contribution in [2.45, 2.75) is 62.2 Å². The number of aliphatic hydroxyl groups is 1. The monoisotopic (exact) mass is 584 g/mol. The molecule has 0 saturated carbocycles. The lowest BCUT2D eigenvalue weighted by molar-refractivity contribution is -0.155. The molecule has 0 aliphatic carbocycles. The number of nitrogens with one attached hydrogen (secondary N) is 1. The molecule has 5 rings (SSSR count). The Balaban J connectivity index is 1.58. The Morgan fingerprint density at radius 2 is 1.97 bits per heavy atom. The quantitative estimate of drug-likeness (QED) is 0.365. The second kappa shape index (κ2) is 10.4. The third-order valence-corrected chi connectivity index (χ3v) is 8.95. The first-order valence-electron chi connectivity index (χ1n) is 13.1. The predicted octanol–water partition coefficient (Wildman–Crippen LogP) is 3.16. The number of aliphatic hydroxyl groups excluding tert-OH is 1. The van der Waals surface area contributed by atoms with Gasteiger partial charge in [0.15, 0.2) is 0 Å². The van der Waals surface area contributed by atoms with Crippen molar-refractivity contribution in [1.29, 1.82) is 0 Å². The number of alkyl halides is 1. The molecule has 3 aliphatic heterocycles. The lowest BCUT2D eigenvalue weighted by Gasteiger charge is -2.37.